The van der Waals surface area contributed by atoms with Gasteiger partial charge in [-0.05, 0) is 12.8 Å². The van der Waals surface area contributed by atoms with Crippen LogP contribution in [0, 0.1) is 5.92 Å². The van der Waals surface area contributed by atoms with Gasteiger partial charge in [0.2, 0.25) is 18.2 Å². The summed E-state index contributed by atoms with van der Waals surface area (Å²) in [7, 11) is 0. The Hall–Kier alpha value is -1.92. The number of hydrogen-bond acceptors (Lipinski definition) is 5. The van der Waals surface area contributed by atoms with Gasteiger partial charge in [-0.2, -0.15) is 4.98 Å². The zero-order chi connectivity index (χ0) is 14.0. The molecule has 2 rings (SSSR count). The average Bonchev–Trinajstić information content (AvgIpc) is 2.86. The van der Waals surface area contributed by atoms with Crippen molar-refractivity contribution in [1.29, 1.82) is 0 Å². The highest BCUT2D eigenvalue weighted by Gasteiger charge is 2.39. The second-order valence-electron chi connectivity index (χ2n) is 5.04. The van der Waals surface area contributed by atoms with Crippen LogP contribution in [-0.2, 0) is 16.0 Å². The van der Waals surface area contributed by atoms with Gasteiger partial charge in [0.1, 0.15) is 12.1 Å². The normalized spacial score (nSPS) is 23.9. The first-order chi connectivity index (χ1) is 9.00. The van der Waals surface area contributed by atoms with Crippen molar-refractivity contribution in [2.75, 3.05) is 6.54 Å². The maximum absolute atomic E-state index is 12.3. The predicted octanol–water partition coefficient (Wildman–Crippen LogP) is -0.0164. The number of piperazine rings is 1. The second kappa shape index (κ2) is 5.38. The van der Waals surface area contributed by atoms with Crippen molar-refractivity contribution in [1.82, 2.24) is 20.4 Å². The van der Waals surface area contributed by atoms with E-state index in [0.717, 1.165) is 0 Å². The molecule has 0 bridgehead atoms. The molecule has 2 heterocycles. The van der Waals surface area contributed by atoms with E-state index in [4.69, 9.17) is 0 Å². The van der Waals surface area contributed by atoms with Gasteiger partial charge in [0.25, 0.3) is 0 Å². The molecular formula is C12H18N4O3. The summed E-state index contributed by atoms with van der Waals surface area (Å²) < 4.78 is 4.64. The van der Waals surface area contributed by atoms with Crippen LogP contribution in [0.25, 0.3) is 0 Å². The molecule has 1 aromatic rings. The highest BCUT2D eigenvalue weighted by Crippen LogP contribution is 2.15. The van der Waals surface area contributed by atoms with Crippen LogP contribution in [0.2, 0.25) is 0 Å². The molecule has 0 aromatic carbocycles. The SMILES string of the molecule is CC(C)C1NC(=O)C(C)N(CCc2ncon2)C1=O. The quantitative estimate of drug-likeness (QED) is 0.827. The topological polar surface area (TPSA) is 88.3 Å². The molecule has 7 heteroatoms. The van der Waals surface area contributed by atoms with Crippen LogP contribution >= 0.6 is 0 Å². The molecule has 1 N–H and O–H groups in total. The monoisotopic (exact) mass is 266 g/mol. The summed E-state index contributed by atoms with van der Waals surface area (Å²) in [5.74, 6) is 0.431. The van der Waals surface area contributed by atoms with Crippen molar-refractivity contribution in [2.24, 2.45) is 5.92 Å². The summed E-state index contributed by atoms with van der Waals surface area (Å²) in [6.45, 7) is 5.96. The molecule has 0 saturated carbocycles. The van der Waals surface area contributed by atoms with E-state index >= 15 is 0 Å². The van der Waals surface area contributed by atoms with Crippen LogP contribution in [0.15, 0.2) is 10.9 Å². The van der Waals surface area contributed by atoms with Crippen molar-refractivity contribution in [3.8, 4) is 0 Å². The Kier molecular flexibility index (Phi) is 3.82. The van der Waals surface area contributed by atoms with E-state index in [9.17, 15) is 9.59 Å². The molecule has 1 aromatic heterocycles. The summed E-state index contributed by atoms with van der Waals surface area (Å²) in [5.41, 5.74) is 0. The molecule has 7 nitrogen and oxygen atoms in total. The second-order valence-corrected chi connectivity index (χ2v) is 5.04. The number of nitrogens with one attached hydrogen (secondary N) is 1. The largest absolute Gasteiger partial charge is 0.343 e. The fourth-order valence-electron chi connectivity index (χ4n) is 2.13. The molecule has 0 radical (unpaired) electrons. The molecule has 2 unspecified atom stereocenters. The Bertz CT molecular complexity index is 458. The van der Waals surface area contributed by atoms with E-state index < -0.39 is 12.1 Å². The van der Waals surface area contributed by atoms with Crippen LogP contribution in [0.1, 0.15) is 26.6 Å². The highest BCUT2D eigenvalue weighted by atomic mass is 16.5. The molecule has 1 aliphatic heterocycles. The molecule has 0 spiro atoms. The minimum absolute atomic E-state index is 0.0504. The molecule has 2 atom stereocenters. The van der Waals surface area contributed by atoms with Crippen LogP contribution in [-0.4, -0.2) is 45.5 Å². The Balaban J connectivity index is 2.07. The number of amides is 2. The minimum Gasteiger partial charge on any atom is -0.343 e. The fraction of sp³-hybridized carbons (Fsp3) is 0.667. The summed E-state index contributed by atoms with van der Waals surface area (Å²) in [4.78, 5) is 29.7. The predicted molar refractivity (Wildman–Crippen MR) is 65.9 cm³/mol. The third-order valence-corrected chi connectivity index (χ3v) is 3.34. The minimum atomic E-state index is -0.464. The molecule has 2 amide bonds. The summed E-state index contributed by atoms with van der Waals surface area (Å²) >= 11 is 0. The van der Waals surface area contributed by atoms with E-state index in [1.165, 1.54) is 6.39 Å². The zero-order valence-corrected chi connectivity index (χ0v) is 11.3. The maximum Gasteiger partial charge on any atom is 0.246 e. The average molecular weight is 266 g/mol. The first-order valence-corrected chi connectivity index (χ1v) is 6.36. The molecule has 1 aliphatic rings. The third-order valence-electron chi connectivity index (χ3n) is 3.34. The van der Waals surface area contributed by atoms with Gasteiger partial charge in [-0.25, -0.2) is 0 Å². The van der Waals surface area contributed by atoms with Gasteiger partial charge in [0.05, 0.1) is 0 Å². The lowest BCUT2D eigenvalue weighted by Gasteiger charge is -2.38. The molecule has 1 fully saturated rings. The van der Waals surface area contributed by atoms with Crippen molar-refractivity contribution < 1.29 is 14.1 Å². The van der Waals surface area contributed by atoms with Gasteiger partial charge < -0.3 is 14.7 Å². The number of carbonyl (C=O) groups excluding carboxylic acids is 2. The lowest BCUT2D eigenvalue weighted by Crippen LogP contribution is -2.64. The van der Waals surface area contributed by atoms with Gasteiger partial charge in [0, 0.05) is 13.0 Å². The van der Waals surface area contributed by atoms with Crippen LogP contribution in [0.3, 0.4) is 0 Å². The van der Waals surface area contributed by atoms with E-state index in [0.29, 0.717) is 18.8 Å². The maximum atomic E-state index is 12.3. The lowest BCUT2D eigenvalue weighted by atomic mass is 9.98. The summed E-state index contributed by atoms with van der Waals surface area (Å²) in [6, 6.07) is -0.914. The van der Waals surface area contributed by atoms with Crippen molar-refractivity contribution in [3.05, 3.63) is 12.2 Å². The van der Waals surface area contributed by atoms with E-state index in [2.05, 4.69) is 20.0 Å². The molecule has 104 valence electrons. The number of rotatable bonds is 4. The number of hydrogen-bond donors (Lipinski definition) is 1. The Morgan fingerprint density at radius 2 is 2.21 bits per heavy atom. The van der Waals surface area contributed by atoms with Gasteiger partial charge in [-0.3, -0.25) is 9.59 Å². The Morgan fingerprint density at radius 1 is 1.47 bits per heavy atom. The van der Waals surface area contributed by atoms with Crippen LogP contribution in [0.5, 0.6) is 0 Å². The lowest BCUT2D eigenvalue weighted by molar-refractivity contribution is -0.149. The standard InChI is InChI=1S/C12H18N4O3/c1-7(2)10-12(18)16(8(3)11(17)14-10)5-4-9-13-6-19-15-9/h6-8,10H,4-5H2,1-3H3,(H,14,17). The first kappa shape index (κ1) is 13.5. The molecular weight excluding hydrogens is 248 g/mol. The first-order valence-electron chi connectivity index (χ1n) is 6.36. The van der Waals surface area contributed by atoms with Gasteiger partial charge in [-0.1, -0.05) is 19.0 Å². The molecule has 0 aliphatic carbocycles. The van der Waals surface area contributed by atoms with E-state index in [-0.39, 0.29) is 17.7 Å². The Morgan fingerprint density at radius 3 is 2.79 bits per heavy atom. The molecule has 19 heavy (non-hydrogen) atoms. The highest BCUT2D eigenvalue weighted by molar-refractivity contribution is 5.96. The number of carbonyl (C=O) groups is 2. The van der Waals surface area contributed by atoms with E-state index in [1.807, 2.05) is 13.8 Å². The van der Waals surface area contributed by atoms with E-state index in [1.54, 1.807) is 11.8 Å². The zero-order valence-electron chi connectivity index (χ0n) is 11.3. The number of aromatic nitrogens is 2. The summed E-state index contributed by atoms with van der Waals surface area (Å²) in [6.07, 6.45) is 1.73. The fourth-order valence-corrected chi connectivity index (χ4v) is 2.13. The van der Waals surface area contributed by atoms with Gasteiger partial charge >= 0.3 is 0 Å². The smallest absolute Gasteiger partial charge is 0.246 e. The van der Waals surface area contributed by atoms with Gasteiger partial charge in [-0.15, -0.1) is 0 Å². The van der Waals surface area contributed by atoms with Crippen molar-refractivity contribution in [2.45, 2.75) is 39.3 Å². The van der Waals surface area contributed by atoms with Crippen LogP contribution < -0.4 is 5.32 Å². The third kappa shape index (κ3) is 2.74. The van der Waals surface area contributed by atoms with Crippen molar-refractivity contribution in [3.63, 3.8) is 0 Å². The Labute approximate surface area is 111 Å². The van der Waals surface area contributed by atoms with Crippen LogP contribution in [0.4, 0.5) is 0 Å². The number of nitrogens with zero attached hydrogens (tertiary/aromatic N) is 3. The van der Waals surface area contributed by atoms with Gasteiger partial charge in [0.15, 0.2) is 5.82 Å². The summed E-state index contributed by atoms with van der Waals surface area (Å²) in [5, 5.41) is 6.46. The van der Waals surface area contributed by atoms with Crippen molar-refractivity contribution >= 4 is 11.8 Å². The molecule has 1 saturated heterocycles.